The van der Waals surface area contributed by atoms with Crippen LogP contribution < -0.4 is 5.32 Å². The molecule has 0 spiro atoms. The van der Waals surface area contributed by atoms with Crippen molar-refractivity contribution in [1.82, 2.24) is 14.5 Å². The van der Waals surface area contributed by atoms with E-state index in [1.165, 1.54) is 10.6 Å². The van der Waals surface area contributed by atoms with Crippen LogP contribution in [0.25, 0.3) is 0 Å². The Kier molecular flexibility index (Phi) is 4.71. The molecule has 7 nitrogen and oxygen atoms in total. The van der Waals surface area contributed by atoms with Crippen molar-refractivity contribution in [2.24, 2.45) is 0 Å². The van der Waals surface area contributed by atoms with Crippen molar-refractivity contribution in [3.05, 3.63) is 0 Å². The normalized spacial score (nSPS) is 22.6. The molecule has 1 unspecified atom stereocenters. The molecular weight excluding hydrogens is 258 g/mol. The number of nitrogens with one attached hydrogen (secondary N) is 1. The van der Waals surface area contributed by atoms with E-state index in [9.17, 15) is 13.2 Å². The van der Waals surface area contributed by atoms with Crippen LogP contribution in [0.4, 0.5) is 0 Å². The highest BCUT2D eigenvalue weighted by atomic mass is 32.2. The minimum atomic E-state index is -3.14. The van der Waals surface area contributed by atoms with Crippen LogP contribution >= 0.6 is 0 Å². The number of likely N-dealkylation sites (N-methyl/N-ethyl adjacent to an activating group) is 1. The summed E-state index contributed by atoms with van der Waals surface area (Å²) in [7, 11) is -1.53. The molecule has 0 radical (unpaired) electrons. The molecular formula is C10H21N3O4S. The zero-order valence-electron chi connectivity index (χ0n) is 11.0. The average Bonchev–Trinajstić information content (AvgIpc) is 2.28. The van der Waals surface area contributed by atoms with Gasteiger partial charge in [0.15, 0.2) is 0 Å². The third kappa shape index (κ3) is 3.64. The van der Waals surface area contributed by atoms with E-state index in [4.69, 9.17) is 5.11 Å². The number of sulfonamides is 1. The maximum absolute atomic E-state index is 11.3. The van der Waals surface area contributed by atoms with Crippen molar-refractivity contribution in [3.8, 4) is 0 Å². The number of aliphatic carboxylic acids is 1. The van der Waals surface area contributed by atoms with Gasteiger partial charge in [0.1, 0.15) is 5.54 Å². The predicted molar refractivity (Wildman–Crippen MR) is 68.0 cm³/mol. The lowest BCUT2D eigenvalue weighted by molar-refractivity contribution is -0.144. The van der Waals surface area contributed by atoms with Crippen LogP contribution in [0.1, 0.15) is 6.92 Å². The zero-order chi connectivity index (χ0) is 14.0. The number of hydrogen-bond donors (Lipinski definition) is 2. The molecule has 8 heteroatoms. The number of carbonyl (C=O) groups is 1. The summed E-state index contributed by atoms with van der Waals surface area (Å²) in [6.45, 7) is 3.92. The molecule has 1 heterocycles. The topological polar surface area (TPSA) is 90.0 Å². The molecule has 1 atom stereocenters. The average molecular weight is 279 g/mol. The molecule has 0 aromatic heterocycles. The van der Waals surface area contributed by atoms with E-state index in [2.05, 4.69) is 5.32 Å². The molecule has 1 aliphatic heterocycles. The second kappa shape index (κ2) is 5.52. The third-order valence-corrected chi connectivity index (χ3v) is 4.67. The number of carboxylic acids is 1. The number of piperazine rings is 1. The van der Waals surface area contributed by atoms with Crippen molar-refractivity contribution < 1.29 is 18.3 Å². The van der Waals surface area contributed by atoms with Gasteiger partial charge in [0.05, 0.1) is 6.26 Å². The van der Waals surface area contributed by atoms with E-state index in [0.29, 0.717) is 32.7 Å². The largest absolute Gasteiger partial charge is 0.480 e. The van der Waals surface area contributed by atoms with Crippen molar-refractivity contribution in [3.63, 3.8) is 0 Å². The molecule has 18 heavy (non-hydrogen) atoms. The monoisotopic (exact) mass is 279 g/mol. The Morgan fingerprint density at radius 1 is 1.33 bits per heavy atom. The molecule has 1 aliphatic rings. The Labute approximate surface area is 108 Å². The summed E-state index contributed by atoms with van der Waals surface area (Å²) in [5.74, 6) is -0.907. The van der Waals surface area contributed by atoms with Crippen LogP contribution in [0, 0.1) is 0 Å². The first-order valence-electron chi connectivity index (χ1n) is 5.79. The summed E-state index contributed by atoms with van der Waals surface area (Å²) in [5.41, 5.74) is -1.01. The van der Waals surface area contributed by atoms with E-state index < -0.39 is 21.5 Å². The lowest BCUT2D eigenvalue weighted by atomic mass is 10.0. The van der Waals surface area contributed by atoms with Crippen LogP contribution in [0.3, 0.4) is 0 Å². The van der Waals surface area contributed by atoms with Crippen LogP contribution in [0.2, 0.25) is 0 Å². The van der Waals surface area contributed by atoms with E-state index >= 15 is 0 Å². The maximum Gasteiger partial charge on any atom is 0.324 e. The van der Waals surface area contributed by atoms with Gasteiger partial charge in [-0.1, -0.05) is 0 Å². The predicted octanol–water partition coefficient (Wildman–Crippen LogP) is -1.37. The highest BCUT2D eigenvalue weighted by Crippen LogP contribution is 2.11. The van der Waals surface area contributed by atoms with Crippen molar-refractivity contribution in [1.29, 1.82) is 0 Å². The summed E-state index contributed by atoms with van der Waals surface area (Å²) in [5, 5.41) is 11.9. The SMILES string of the molecule is CNC(C)(CN1CCN(S(C)(=O)=O)CC1)C(=O)O. The van der Waals surface area contributed by atoms with Gasteiger partial charge < -0.3 is 10.4 Å². The lowest BCUT2D eigenvalue weighted by Crippen LogP contribution is -2.59. The summed E-state index contributed by atoms with van der Waals surface area (Å²) in [4.78, 5) is 13.1. The molecule has 0 aromatic rings. The van der Waals surface area contributed by atoms with Crippen LogP contribution in [0.15, 0.2) is 0 Å². The summed E-state index contributed by atoms with van der Waals surface area (Å²) in [6.07, 6.45) is 1.19. The van der Waals surface area contributed by atoms with Gasteiger partial charge in [-0.05, 0) is 14.0 Å². The Morgan fingerprint density at radius 2 is 1.83 bits per heavy atom. The zero-order valence-corrected chi connectivity index (χ0v) is 11.8. The highest BCUT2D eigenvalue weighted by molar-refractivity contribution is 7.88. The lowest BCUT2D eigenvalue weighted by Gasteiger charge is -2.37. The van der Waals surface area contributed by atoms with Crippen LogP contribution in [-0.4, -0.2) is 80.3 Å². The fourth-order valence-electron chi connectivity index (χ4n) is 1.92. The molecule has 0 amide bonds. The molecule has 1 saturated heterocycles. The smallest absolute Gasteiger partial charge is 0.324 e. The Morgan fingerprint density at radius 3 is 2.17 bits per heavy atom. The molecule has 0 bridgehead atoms. The Balaban J connectivity index is 2.57. The van der Waals surface area contributed by atoms with Gasteiger partial charge in [-0.2, -0.15) is 4.31 Å². The van der Waals surface area contributed by atoms with E-state index in [1.807, 2.05) is 4.90 Å². The van der Waals surface area contributed by atoms with E-state index in [-0.39, 0.29) is 0 Å². The minimum absolute atomic E-state index is 0.358. The standard InChI is InChI=1S/C10H21N3O4S/c1-10(11-2,9(14)15)8-12-4-6-13(7-5-12)18(3,16)17/h11H,4-8H2,1-3H3,(H,14,15). The first-order chi connectivity index (χ1) is 8.19. The van der Waals surface area contributed by atoms with Gasteiger partial charge in [0.2, 0.25) is 10.0 Å². The first kappa shape index (κ1) is 15.4. The van der Waals surface area contributed by atoms with Crippen LogP contribution in [-0.2, 0) is 14.8 Å². The number of hydrogen-bond acceptors (Lipinski definition) is 5. The Bertz CT molecular complexity index is 403. The molecule has 2 N–H and O–H groups in total. The van der Waals surface area contributed by atoms with Gasteiger partial charge in [0, 0.05) is 32.7 Å². The number of nitrogens with zero attached hydrogens (tertiary/aromatic N) is 2. The van der Waals surface area contributed by atoms with Gasteiger partial charge in [-0.25, -0.2) is 8.42 Å². The summed E-state index contributed by atoms with van der Waals surface area (Å²) >= 11 is 0. The second-order valence-corrected chi connectivity index (χ2v) is 6.81. The van der Waals surface area contributed by atoms with Gasteiger partial charge in [-0.15, -0.1) is 0 Å². The molecule has 0 saturated carbocycles. The van der Waals surface area contributed by atoms with Crippen LogP contribution in [0.5, 0.6) is 0 Å². The molecule has 106 valence electrons. The maximum atomic E-state index is 11.3. The fourth-order valence-corrected chi connectivity index (χ4v) is 2.75. The minimum Gasteiger partial charge on any atom is -0.480 e. The third-order valence-electron chi connectivity index (χ3n) is 3.36. The van der Waals surface area contributed by atoms with E-state index in [0.717, 1.165) is 0 Å². The molecule has 0 aliphatic carbocycles. The van der Waals surface area contributed by atoms with E-state index in [1.54, 1.807) is 14.0 Å². The summed E-state index contributed by atoms with van der Waals surface area (Å²) in [6, 6.07) is 0. The number of rotatable bonds is 5. The first-order valence-corrected chi connectivity index (χ1v) is 7.63. The summed E-state index contributed by atoms with van der Waals surface area (Å²) < 4.78 is 24.1. The molecule has 0 aromatic carbocycles. The van der Waals surface area contributed by atoms with Crippen molar-refractivity contribution in [2.45, 2.75) is 12.5 Å². The van der Waals surface area contributed by atoms with Crippen molar-refractivity contribution >= 4 is 16.0 Å². The van der Waals surface area contributed by atoms with Crippen molar-refractivity contribution in [2.75, 3.05) is 46.0 Å². The fraction of sp³-hybridized carbons (Fsp3) is 0.900. The van der Waals surface area contributed by atoms with Gasteiger partial charge in [0.25, 0.3) is 0 Å². The Hall–Kier alpha value is -0.700. The van der Waals surface area contributed by atoms with Gasteiger partial charge >= 0.3 is 5.97 Å². The quantitative estimate of drug-likeness (QED) is 0.645. The molecule has 1 fully saturated rings. The highest BCUT2D eigenvalue weighted by Gasteiger charge is 2.35. The van der Waals surface area contributed by atoms with Gasteiger partial charge in [-0.3, -0.25) is 9.69 Å². The second-order valence-electron chi connectivity index (χ2n) is 4.83. The molecule has 1 rings (SSSR count). The number of carboxylic acid groups (broad SMARTS) is 1.